The molecule has 0 aromatic heterocycles. The Morgan fingerprint density at radius 3 is 2.07 bits per heavy atom. The van der Waals surface area contributed by atoms with Gasteiger partial charge in [0.05, 0.1) is 12.5 Å². The van der Waals surface area contributed by atoms with Gasteiger partial charge in [-0.3, -0.25) is 0 Å². The van der Waals surface area contributed by atoms with Crippen molar-refractivity contribution < 1.29 is 9.47 Å². The van der Waals surface area contributed by atoms with E-state index in [4.69, 9.17) is 9.47 Å². The maximum absolute atomic E-state index is 5.55. The molecule has 2 heteroatoms. The third-order valence-electron chi connectivity index (χ3n) is 2.80. The lowest BCUT2D eigenvalue weighted by molar-refractivity contribution is -0.208. The molecule has 88 valence electrons. The minimum atomic E-state index is -0.585. The fourth-order valence-electron chi connectivity index (χ4n) is 1.79. The molecule has 0 heterocycles. The summed E-state index contributed by atoms with van der Waals surface area (Å²) >= 11 is 0. The number of hydrogen-bond acceptors (Lipinski definition) is 2. The van der Waals surface area contributed by atoms with Crippen molar-refractivity contribution in [3.05, 3.63) is 25.7 Å². The highest BCUT2D eigenvalue weighted by Crippen LogP contribution is 2.31. The first kappa shape index (κ1) is 14.1. The Bertz CT molecular complexity index is 177. The average molecular weight is 212 g/mol. The summed E-state index contributed by atoms with van der Waals surface area (Å²) in [5.41, 5.74) is 0. The molecule has 0 N–H and O–H groups in total. The van der Waals surface area contributed by atoms with Gasteiger partial charge in [-0.05, 0) is 6.42 Å². The molecule has 0 saturated heterocycles. The molecule has 0 amide bonds. The second-order valence-electron chi connectivity index (χ2n) is 3.78. The van der Waals surface area contributed by atoms with Gasteiger partial charge in [0.25, 0.3) is 5.79 Å². The van der Waals surface area contributed by atoms with Gasteiger partial charge < -0.3 is 9.47 Å². The van der Waals surface area contributed by atoms with Gasteiger partial charge in [0.15, 0.2) is 0 Å². The normalized spacial score (nSPS) is 13.0. The lowest BCUT2D eigenvalue weighted by atomic mass is 9.92. The van der Waals surface area contributed by atoms with Crippen molar-refractivity contribution in [2.45, 2.75) is 52.2 Å². The molecule has 0 fully saturated rings. The van der Waals surface area contributed by atoms with E-state index in [0.29, 0.717) is 5.92 Å². The van der Waals surface area contributed by atoms with Crippen LogP contribution in [0.15, 0.2) is 25.7 Å². The fraction of sp³-hybridized carbons (Fsp3) is 0.692. The third kappa shape index (κ3) is 3.98. The molecule has 0 saturated carbocycles. The topological polar surface area (TPSA) is 18.5 Å². The molecule has 0 aromatic rings. The Labute approximate surface area is 94.0 Å². The standard InChI is InChI=1S/C13H24O2/c1-6-10-11-12(5)13(7-2,14-8-3)15-9-4/h8-9,12H,3-4,6-7,10-11H2,1-2,5H3. The summed E-state index contributed by atoms with van der Waals surface area (Å²) in [5.74, 6) is -0.253. The van der Waals surface area contributed by atoms with Crippen LogP contribution >= 0.6 is 0 Å². The van der Waals surface area contributed by atoms with Crippen molar-refractivity contribution in [1.29, 1.82) is 0 Å². The van der Waals surface area contributed by atoms with Crippen LogP contribution in [-0.4, -0.2) is 5.79 Å². The van der Waals surface area contributed by atoms with Crippen molar-refractivity contribution in [3.63, 3.8) is 0 Å². The van der Waals surface area contributed by atoms with Crippen LogP contribution in [0.2, 0.25) is 0 Å². The predicted octanol–water partition coefficient (Wildman–Crippen LogP) is 4.24. The first-order valence-electron chi connectivity index (χ1n) is 5.74. The molecule has 0 bridgehead atoms. The van der Waals surface area contributed by atoms with Crippen molar-refractivity contribution in [3.8, 4) is 0 Å². The van der Waals surface area contributed by atoms with Crippen molar-refractivity contribution in [2.75, 3.05) is 0 Å². The predicted molar refractivity (Wildman–Crippen MR) is 64.3 cm³/mol. The van der Waals surface area contributed by atoms with Gasteiger partial charge in [-0.15, -0.1) is 0 Å². The zero-order chi connectivity index (χ0) is 11.7. The molecule has 0 radical (unpaired) electrons. The summed E-state index contributed by atoms with van der Waals surface area (Å²) in [4.78, 5) is 0. The Morgan fingerprint density at radius 1 is 1.20 bits per heavy atom. The lowest BCUT2D eigenvalue weighted by Crippen LogP contribution is -2.39. The van der Waals surface area contributed by atoms with Gasteiger partial charge in [-0.2, -0.15) is 0 Å². The first-order chi connectivity index (χ1) is 7.16. The summed E-state index contributed by atoms with van der Waals surface area (Å²) in [5, 5.41) is 0. The molecule has 0 aliphatic carbocycles. The lowest BCUT2D eigenvalue weighted by Gasteiger charge is -2.36. The molecule has 0 rings (SSSR count). The van der Waals surface area contributed by atoms with E-state index in [9.17, 15) is 0 Å². The van der Waals surface area contributed by atoms with Gasteiger partial charge in [-0.25, -0.2) is 0 Å². The molecule has 1 atom stereocenters. The van der Waals surface area contributed by atoms with Crippen molar-refractivity contribution >= 4 is 0 Å². The number of ether oxygens (including phenoxy) is 2. The molecule has 0 aliphatic rings. The SMILES string of the molecule is C=COC(CC)(OC=C)C(C)CCCC. The van der Waals surface area contributed by atoms with E-state index in [1.54, 1.807) is 0 Å². The molecule has 0 aromatic carbocycles. The van der Waals surface area contributed by atoms with E-state index in [2.05, 4.69) is 33.9 Å². The Kier molecular flexibility index (Phi) is 6.93. The van der Waals surface area contributed by atoms with Gasteiger partial charge in [0, 0.05) is 12.3 Å². The van der Waals surface area contributed by atoms with Crippen LogP contribution in [0.1, 0.15) is 46.5 Å². The maximum atomic E-state index is 5.55. The summed E-state index contributed by atoms with van der Waals surface area (Å²) < 4.78 is 11.1. The first-order valence-corrected chi connectivity index (χ1v) is 5.74. The molecular formula is C13H24O2. The minimum Gasteiger partial charge on any atom is -0.460 e. The van der Waals surface area contributed by atoms with Gasteiger partial charge in [0.2, 0.25) is 0 Å². The van der Waals surface area contributed by atoms with Crippen LogP contribution < -0.4 is 0 Å². The Balaban J connectivity index is 4.54. The molecule has 1 unspecified atom stereocenters. The summed E-state index contributed by atoms with van der Waals surface area (Å²) in [6, 6.07) is 0. The Hall–Kier alpha value is -0.920. The van der Waals surface area contributed by atoms with E-state index in [-0.39, 0.29) is 0 Å². The number of unbranched alkanes of at least 4 members (excludes halogenated alkanes) is 1. The fourth-order valence-corrected chi connectivity index (χ4v) is 1.79. The molecule has 0 aliphatic heterocycles. The second-order valence-corrected chi connectivity index (χ2v) is 3.78. The highest BCUT2D eigenvalue weighted by molar-refractivity contribution is 4.80. The molecule has 0 spiro atoms. The summed E-state index contributed by atoms with van der Waals surface area (Å²) in [6.07, 6.45) is 7.16. The molecular weight excluding hydrogens is 188 g/mol. The highest BCUT2D eigenvalue weighted by Gasteiger charge is 2.36. The van der Waals surface area contributed by atoms with Gasteiger partial charge >= 0.3 is 0 Å². The number of rotatable bonds is 9. The van der Waals surface area contributed by atoms with E-state index in [0.717, 1.165) is 12.8 Å². The van der Waals surface area contributed by atoms with E-state index < -0.39 is 5.79 Å². The van der Waals surface area contributed by atoms with Crippen LogP contribution in [0, 0.1) is 5.92 Å². The van der Waals surface area contributed by atoms with E-state index in [1.807, 2.05) is 0 Å². The van der Waals surface area contributed by atoms with Crippen LogP contribution in [0.5, 0.6) is 0 Å². The quantitative estimate of drug-likeness (QED) is 0.420. The Morgan fingerprint density at radius 2 is 1.73 bits per heavy atom. The summed E-state index contributed by atoms with van der Waals surface area (Å²) in [6.45, 7) is 13.6. The van der Waals surface area contributed by atoms with Crippen LogP contribution in [0.25, 0.3) is 0 Å². The molecule has 2 nitrogen and oxygen atoms in total. The largest absolute Gasteiger partial charge is 0.460 e. The van der Waals surface area contributed by atoms with Gasteiger partial charge in [-0.1, -0.05) is 46.8 Å². The van der Waals surface area contributed by atoms with Crippen LogP contribution in [0.3, 0.4) is 0 Å². The van der Waals surface area contributed by atoms with Crippen LogP contribution in [0.4, 0.5) is 0 Å². The molecule has 15 heavy (non-hydrogen) atoms. The van der Waals surface area contributed by atoms with E-state index >= 15 is 0 Å². The van der Waals surface area contributed by atoms with Crippen LogP contribution in [-0.2, 0) is 9.47 Å². The zero-order valence-electron chi connectivity index (χ0n) is 10.3. The third-order valence-corrected chi connectivity index (χ3v) is 2.80. The second kappa shape index (κ2) is 7.38. The minimum absolute atomic E-state index is 0.332. The monoisotopic (exact) mass is 212 g/mol. The van der Waals surface area contributed by atoms with E-state index in [1.165, 1.54) is 25.4 Å². The maximum Gasteiger partial charge on any atom is 0.251 e. The average Bonchev–Trinajstić information content (AvgIpc) is 2.25. The van der Waals surface area contributed by atoms with Gasteiger partial charge in [0.1, 0.15) is 0 Å². The van der Waals surface area contributed by atoms with Crippen molar-refractivity contribution in [1.82, 2.24) is 0 Å². The zero-order valence-corrected chi connectivity index (χ0v) is 10.3. The highest BCUT2D eigenvalue weighted by atomic mass is 16.7. The van der Waals surface area contributed by atoms with Crippen molar-refractivity contribution in [2.24, 2.45) is 5.92 Å². The smallest absolute Gasteiger partial charge is 0.251 e. The summed E-state index contributed by atoms with van der Waals surface area (Å²) in [7, 11) is 0. The number of hydrogen-bond donors (Lipinski definition) is 0.